The number of nitrogens with one attached hydrogen (secondary N) is 1. The molecular weight excluding hydrogens is 272 g/mol. The van der Waals surface area contributed by atoms with Crippen molar-refractivity contribution in [3.63, 3.8) is 0 Å². The van der Waals surface area contributed by atoms with Crippen LogP contribution in [0.25, 0.3) is 0 Å². The van der Waals surface area contributed by atoms with Crippen molar-refractivity contribution >= 4 is 5.91 Å². The van der Waals surface area contributed by atoms with Gasteiger partial charge in [0.05, 0.1) is 12.9 Å². The summed E-state index contributed by atoms with van der Waals surface area (Å²) in [6.07, 6.45) is 7.57. The monoisotopic (exact) mass is 292 g/mol. The molecule has 0 aliphatic heterocycles. The lowest BCUT2D eigenvalue weighted by atomic mass is 10.3. The van der Waals surface area contributed by atoms with Gasteiger partial charge in [-0.15, -0.1) is 10.2 Å². The maximum atomic E-state index is 12.1. The molecule has 0 saturated heterocycles. The van der Waals surface area contributed by atoms with Gasteiger partial charge in [0, 0.05) is 32.7 Å². The van der Waals surface area contributed by atoms with Gasteiger partial charge in [0.2, 0.25) is 5.91 Å². The summed E-state index contributed by atoms with van der Waals surface area (Å²) in [7, 11) is 1.67. The van der Waals surface area contributed by atoms with Crippen LogP contribution in [-0.2, 0) is 22.6 Å². The maximum absolute atomic E-state index is 12.1. The predicted octanol–water partition coefficient (Wildman–Crippen LogP) is 0.389. The summed E-state index contributed by atoms with van der Waals surface area (Å²) >= 11 is 0. The second-order valence-electron chi connectivity index (χ2n) is 4.69. The fourth-order valence-electron chi connectivity index (χ4n) is 1.93. The number of aromatic nitrogens is 5. The van der Waals surface area contributed by atoms with E-state index < -0.39 is 0 Å². The van der Waals surface area contributed by atoms with E-state index in [1.165, 1.54) is 0 Å². The number of hydrogen-bond acceptors (Lipinski definition) is 5. The molecule has 1 atom stereocenters. The molecule has 8 heteroatoms. The molecule has 0 saturated carbocycles. The number of carbonyl (C=O) groups is 1. The number of aryl methyl sites for hydroxylation is 1. The summed E-state index contributed by atoms with van der Waals surface area (Å²) in [6.45, 7) is 3.62. The van der Waals surface area contributed by atoms with Crippen LogP contribution < -0.4 is 5.32 Å². The molecule has 2 rings (SSSR count). The van der Waals surface area contributed by atoms with E-state index in [-0.39, 0.29) is 11.9 Å². The first-order valence-corrected chi connectivity index (χ1v) is 6.83. The van der Waals surface area contributed by atoms with Crippen LogP contribution in [0, 0.1) is 0 Å². The average Bonchev–Trinajstić information content (AvgIpc) is 3.16. The average molecular weight is 292 g/mol. The predicted molar refractivity (Wildman–Crippen MR) is 75.3 cm³/mol. The first kappa shape index (κ1) is 15.2. The molecule has 1 amide bonds. The fraction of sp³-hybridized carbons (Fsp3) is 0.538. The lowest BCUT2D eigenvalue weighted by Gasteiger charge is -2.13. The molecule has 2 heterocycles. The second kappa shape index (κ2) is 7.53. The van der Waals surface area contributed by atoms with Gasteiger partial charge in [-0.3, -0.25) is 4.79 Å². The molecule has 21 heavy (non-hydrogen) atoms. The van der Waals surface area contributed by atoms with Crippen LogP contribution in [0.2, 0.25) is 0 Å². The Bertz CT molecular complexity index is 551. The Hall–Kier alpha value is -2.22. The van der Waals surface area contributed by atoms with E-state index >= 15 is 0 Å². The van der Waals surface area contributed by atoms with Crippen molar-refractivity contribution in [3.8, 4) is 0 Å². The van der Waals surface area contributed by atoms with Gasteiger partial charge in [0.1, 0.15) is 12.4 Å². The molecule has 0 bridgehead atoms. The van der Waals surface area contributed by atoms with Gasteiger partial charge in [0.25, 0.3) is 0 Å². The summed E-state index contributed by atoms with van der Waals surface area (Å²) in [5, 5.41) is 10.8. The Morgan fingerprint density at radius 3 is 3.05 bits per heavy atom. The molecule has 0 radical (unpaired) electrons. The number of amides is 1. The van der Waals surface area contributed by atoms with Crippen molar-refractivity contribution in [1.82, 2.24) is 29.6 Å². The minimum absolute atomic E-state index is 0.0839. The minimum atomic E-state index is -0.308. The smallest absolute Gasteiger partial charge is 0.243 e. The normalized spacial score (nSPS) is 12.3. The summed E-state index contributed by atoms with van der Waals surface area (Å²) in [5.41, 5.74) is 0. The standard InChI is InChI=1S/C13H20N6O2/c1-11(18-6-4-14-9-18)13(20)15-8-12-17-16-10-19(12)5-3-7-21-2/h4,6,9-11H,3,5,7-8H2,1-2H3,(H,15,20)/t11-/m1/s1. The zero-order valence-corrected chi connectivity index (χ0v) is 12.3. The van der Waals surface area contributed by atoms with E-state index in [9.17, 15) is 4.79 Å². The molecule has 114 valence electrons. The van der Waals surface area contributed by atoms with E-state index in [0.717, 1.165) is 18.8 Å². The Morgan fingerprint density at radius 2 is 2.33 bits per heavy atom. The third kappa shape index (κ3) is 4.12. The zero-order valence-electron chi connectivity index (χ0n) is 12.3. The summed E-state index contributed by atoms with van der Waals surface area (Å²) in [4.78, 5) is 16.0. The molecule has 2 aromatic heterocycles. The number of rotatable bonds is 8. The lowest BCUT2D eigenvalue weighted by Crippen LogP contribution is -2.31. The van der Waals surface area contributed by atoms with E-state index in [4.69, 9.17) is 4.74 Å². The van der Waals surface area contributed by atoms with Gasteiger partial charge >= 0.3 is 0 Å². The second-order valence-corrected chi connectivity index (χ2v) is 4.69. The SMILES string of the molecule is COCCCn1cnnc1CNC(=O)[C@@H](C)n1ccnc1. The number of methoxy groups -OCH3 is 1. The molecule has 2 aromatic rings. The number of imidazole rings is 1. The first-order chi connectivity index (χ1) is 10.2. The Balaban J connectivity index is 1.85. The molecule has 0 spiro atoms. The van der Waals surface area contributed by atoms with E-state index in [2.05, 4.69) is 20.5 Å². The maximum Gasteiger partial charge on any atom is 0.243 e. The lowest BCUT2D eigenvalue weighted by molar-refractivity contribution is -0.124. The van der Waals surface area contributed by atoms with Gasteiger partial charge in [0.15, 0.2) is 5.82 Å². The fourth-order valence-corrected chi connectivity index (χ4v) is 1.93. The van der Waals surface area contributed by atoms with Gasteiger partial charge < -0.3 is 19.2 Å². The highest BCUT2D eigenvalue weighted by atomic mass is 16.5. The van der Waals surface area contributed by atoms with Crippen LogP contribution in [0.15, 0.2) is 25.0 Å². The molecule has 0 aromatic carbocycles. The molecular formula is C13H20N6O2. The van der Waals surface area contributed by atoms with Crippen molar-refractivity contribution < 1.29 is 9.53 Å². The number of carbonyl (C=O) groups excluding carboxylic acids is 1. The van der Waals surface area contributed by atoms with Crippen LogP contribution in [0.1, 0.15) is 25.2 Å². The van der Waals surface area contributed by atoms with Crippen LogP contribution in [0.3, 0.4) is 0 Å². The third-order valence-corrected chi connectivity index (χ3v) is 3.22. The topological polar surface area (TPSA) is 86.9 Å². The molecule has 0 unspecified atom stereocenters. The quantitative estimate of drug-likeness (QED) is 0.711. The first-order valence-electron chi connectivity index (χ1n) is 6.83. The van der Waals surface area contributed by atoms with Crippen molar-refractivity contribution in [2.45, 2.75) is 32.5 Å². The van der Waals surface area contributed by atoms with Crippen molar-refractivity contribution in [2.24, 2.45) is 0 Å². The highest BCUT2D eigenvalue weighted by Crippen LogP contribution is 2.05. The van der Waals surface area contributed by atoms with Gasteiger partial charge in [-0.25, -0.2) is 4.98 Å². The van der Waals surface area contributed by atoms with Gasteiger partial charge in [-0.05, 0) is 13.3 Å². The van der Waals surface area contributed by atoms with Gasteiger partial charge in [-0.1, -0.05) is 0 Å². The number of hydrogen-bond donors (Lipinski definition) is 1. The molecule has 0 aliphatic rings. The summed E-state index contributed by atoms with van der Waals surface area (Å²) < 4.78 is 8.68. The Morgan fingerprint density at radius 1 is 1.48 bits per heavy atom. The van der Waals surface area contributed by atoms with Crippen molar-refractivity contribution in [1.29, 1.82) is 0 Å². The van der Waals surface area contributed by atoms with E-state index in [1.807, 2.05) is 11.5 Å². The summed E-state index contributed by atoms with van der Waals surface area (Å²) in [5.74, 6) is 0.650. The summed E-state index contributed by atoms with van der Waals surface area (Å²) in [6, 6.07) is -0.308. The highest BCUT2D eigenvalue weighted by molar-refractivity contribution is 5.79. The van der Waals surface area contributed by atoms with Crippen LogP contribution >= 0.6 is 0 Å². The largest absolute Gasteiger partial charge is 0.385 e. The van der Waals surface area contributed by atoms with E-state index in [1.54, 1.807) is 36.7 Å². The number of nitrogens with zero attached hydrogens (tertiary/aromatic N) is 5. The van der Waals surface area contributed by atoms with Crippen molar-refractivity contribution in [2.75, 3.05) is 13.7 Å². The van der Waals surface area contributed by atoms with Crippen molar-refractivity contribution in [3.05, 3.63) is 30.9 Å². The zero-order chi connectivity index (χ0) is 15.1. The van der Waals surface area contributed by atoms with Crippen LogP contribution in [-0.4, -0.2) is 43.9 Å². The highest BCUT2D eigenvalue weighted by Gasteiger charge is 2.14. The Kier molecular flexibility index (Phi) is 5.44. The van der Waals surface area contributed by atoms with Crippen LogP contribution in [0.4, 0.5) is 0 Å². The van der Waals surface area contributed by atoms with E-state index in [0.29, 0.717) is 13.2 Å². The number of ether oxygens (including phenoxy) is 1. The minimum Gasteiger partial charge on any atom is -0.385 e. The third-order valence-electron chi connectivity index (χ3n) is 3.22. The molecule has 8 nitrogen and oxygen atoms in total. The van der Waals surface area contributed by atoms with Crippen LogP contribution in [0.5, 0.6) is 0 Å². The molecule has 0 aliphatic carbocycles. The van der Waals surface area contributed by atoms with Gasteiger partial charge in [-0.2, -0.15) is 0 Å². The molecule has 1 N–H and O–H groups in total. The molecule has 0 fully saturated rings. The Labute approximate surface area is 123 Å².